The van der Waals surface area contributed by atoms with E-state index in [1.165, 1.54) is 18.2 Å². The molecule has 2 aromatic carbocycles. The second-order valence-electron chi connectivity index (χ2n) is 6.73. The van der Waals surface area contributed by atoms with E-state index in [2.05, 4.69) is 11.9 Å². The molecule has 154 valence electrons. The van der Waals surface area contributed by atoms with Crippen molar-refractivity contribution < 1.29 is 23.5 Å². The molecule has 0 bridgehead atoms. The number of carbonyl (C=O) groups is 2. The topological polar surface area (TPSA) is 94.8 Å². The molecule has 0 atom stereocenters. The predicted molar refractivity (Wildman–Crippen MR) is 112 cm³/mol. The molecule has 0 aliphatic heterocycles. The minimum absolute atomic E-state index is 0.115. The van der Waals surface area contributed by atoms with Gasteiger partial charge >= 0.3 is 11.6 Å². The fourth-order valence-electron chi connectivity index (χ4n) is 2.89. The fourth-order valence-corrected chi connectivity index (χ4v) is 2.89. The highest BCUT2D eigenvalue weighted by atomic mass is 16.6. The van der Waals surface area contributed by atoms with E-state index in [1.807, 2.05) is 32.0 Å². The van der Waals surface area contributed by atoms with E-state index in [0.29, 0.717) is 11.1 Å². The number of fused-ring (bicyclic) bond motifs is 1. The Kier molecular flexibility index (Phi) is 6.32. The van der Waals surface area contributed by atoms with E-state index in [9.17, 15) is 14.4 Å². The van der Waals surface area contributed by atoms with Crippen LogP contribution in [0.4, 0.5) is 0 Å². The molecule has 1 aromatic heterocycles. The lowest BCUT2D eigenvalue weighted by Gasteiger charge is -2.09. The number of benzene rings is 2. The lowest BCUT2D eigenvalue weighted by Crippen LogP contribution is -2.28. The predicted octanol–water partition coefficient (Wildman–Crippen LogP) is 3.31. The van der Waals surface area contributed by atoms with E-state index >= 15 is 0 Å². The fraction of sp³-hybridized carbons (Fsp3) is 0.174. The number of nitrogens with one attached hydrogen (secondary N) is 1. The molecular formula is C23H21NO6. The lowest BCUT2D eigenvalue weighted by atomic mass is 10.1. The van der Waals surface area contributed by atoms with Crippen molar-refractivity contribution in [1.29, 1.82) is 0 Å². The van der Waals surface area contributed by atoms with Crippen LogP contribution in [-0.4, -0.2) is 25.0 Å². The molecule has 1 heterocycles. The van der Waals surface area contributed by atoms with Crippen molar-refractivity contribution >= 4 is 22.8 Å². The second-order valence-corrected chi connectivity index (χ2v) is 6.73. The second kappa shape index (κ2) is 9.09. The zero-order valence-corrected chi connectivity index (χ0v) is 16.7. The first kappa shape index (κ1) is 20.9. The van der Waals surface area contributed by atoms with Gasteiger partial charge in [0.1, 0.15) is 22.6 Å². The normalized spacial score (nSPS) is 10.5. The van der Waals surface area contributed by atoms with E-state index in [0.717, 1.165) is 11.1 Å². The molecular weight excluding hydrogens is 386 g/mol. The van der Waals surface area contributed by atoms with Crippen LogP contribution in [0.25, 0.3) is 11.0 Å². The zero-order valence-electron chi connectivity index (χ0n) is 16.7. The molecule has 0 saturated carbocycles. The first-order valence-corrected chi connectivity index (χ1v) is 9.24. The Bertz CT molecular complexity index is 1160. The zero-order chi connectivity index (χ0) is 21.7. The highest BCUT2D eigenvalue weighted by Gasteiger charge is 2.14. The summed E-state index contributed by atoms with van der Waals surface area (Å²) in [4.78, 5) is 36.2. The van der Waals surface area contributed by atoms with Crippen molar-refractivity contribution in [3.63, 3.8) is 0 Å². The van der Waals surface area contributed by atoms with Crippen LogP contribution >= 0.6 is 0 Å². The van der Waals surface area contributed by atoms with Crippen LogP contribution in [0.15, 0.2) is 64.3 Å². The van der Waals surface area contributed by atoms with Crippen LogP contribution in [0.3, 0.4) is 0 Å². The van der Waals surface area contributed by atoms with Gasteiger partial charge < -0.3 is 19.2 Å². The molecule has 3 aromatic rings. The summed E-state index contributed by atoms with van der Waals surface area (Å²) in [5.41, 5.74) is 1.35. The Balaban J connectivity index is 1.70. The number of rotatable bonds is 7. The van der Waals surface area contributed by atoms with Gasteiger partial charge in [0.25, 0.3) is 5.91 Å². The van der Waals surface area contributed by atoms with Crippen molar-refractivity contribution in [2.45, 2.75) is 13.8 Å². The Labute approximate surface area is 172 Å². The minimum Gasteiger partial charge on any atom is -0.482 e. The molecule has 0 aliphatic carbocycles. The van der Waals surface area contributed by atoms with Crippen LogP contribution < -0.4 is 20.4 Å². The molecule has 0 saturated heterocycles. The van der Waals surface area contributed by atoms with Gasteiger partial charge in [0, 0.05) is 18.0 Å². The molecule has 30 heavy (non-hydrogen) atoms. The van der Waals surface area contributed by atoms with Crippen molar-refractivity contribution in [2.24, 2.45) is 0 Å². The van der Waals surface area contributed by atoms with E-state index in [4.69, 9.17) is 13.9 Å². The number of carbonyl (C=O) groups excluding carboxylic acids is 2. The first-order valence-electron chi connectivity index (χ1n) is 9.24. The largest absolute Gasteiger partial charge is 0.482 e. The van der Waals surface area contributed by atoms with Crippen LogP contribution in [0.2, 0.25) is 0 Å². The number of ether oxygens (including phenoxy) is 2. The highest BCUT2D eigenvalue weighted by molar-refractivity contribution is 5.96. The summed E-state index contributed by atoms with van der Waals surface area (Å²) in [7, 11) is 0. The van der Waals surface area contributed by atoms with Gasteiger partial charge in [-0.05, 0) is 55.3 Å². The first-order chi connectivity index (χ1) is 14.4. The summed E-state index contributed by atoms with van der Waals surface area (Å²) in [5, 5.41) is 3.04. The Morgan fingerprint density at radius 1 is 1.07 bits per heavy atom. The number of hydrogen-bond acceptors (Lipinski definition) is 6. The molecule has 0 aliphatic rings. The Hall–Kier alpha value is -3.87. The van der Waals surface area contributed by atoms with Crippen LogP contribution in [0.1, 0.15) is 21.5 Å². The third kappa shape index (κ3) is 5.14. The molecule has 7 nitrogen and oxygen atoms in total. The summed E-state index contributed by atoms with van der Waals surface area (Å²) >= 11 is 0. The van der Waals surface area contributed by atoms with Crippen molar-refractivity contribution in [1.82, 2.24) is 5.32 Å². The van der Waals surface area contributed by atoms with Crippen molar-refractivity contribution in [3.8, 4) is 11.5 Å². The quantitative estimate of drug-likeness (QED) is 0.279. The van der Waals surface area contributed by atoms with E-state index < -0.39 is 17.5 Å². The van der Waals surface area contributed by atoms with Gasteiger partial charge in [-0.25, -0.2) is 9.59 Å². The smallest absolute Gasteiger partial charge is 0.349 e. The molecule has 7 heteroatoms. The Morgan fingerprint density at radius 3 is 2.50 bits per heavy atom. The number of amides is 1. The van der Waals surface area contributed by atoms with Crippen molar-refractivity contribution in [2.75, 3.05) is 13.2 Å². The summed E-state index contributed by atoms with van der Waals surface area (Å²) in [6.45, 7) is 7.34. The molecule has 1 amide bonds. The standard InChI is InChI=1S/C23H21NO6/c1-4-7-24-22(26)19-11-16-5-6-17(12-20(16)30-23(19)27)29-21(25)13-28-18-9-14(2)8-15(3)10-18/h4-6,8-12H,1,7,13H2,2-3H3,(H,24,26). The number of hydrogen-bond donors (Lipinski definition) is 1. The summed E-state index contributed by atoms with van der Waals surface area (Å²) in [5.74, 6) is -0.374. The monoisotopic (exact) mass is 407 g/mol. The van der Waals surface area contributed by atoms with Crippen molar-refractivity contribution in [3.05, 3.63) is 82.2 Å². The third-order valence-corrected chi connectivity index (χ3v) is 4.14. The Morgan fingerprint density at radius 2 is 1.80 bits per heavy atom. The number of aryl methyl sites for hydroxylation is 2. The van der Waals surface area contributed by atoms with Gasteiger partial charge in [0.05, 0.1) is 0 Å². The SMILES string of the molecule is C=CCNC(=O)c1cc2ccc(OC(=O)COc3cc(C)cc(C)c3)cc2oc1=O. The third-order valence-electron chi connectivity index (χ3n) is 4.14. The van der Waals surface area contributed by atoms with Gasteiger partial charge in [-0.2, -0.15) is 0 Å². The van der Waals surface area contributed by atoms with Crippen LogP contribution in [-0.2, 0) is 4.79 Å². The molecule has 1 N–H and O–H groups in total. The molecule has 0 spiro atoms. The molecule has 0 unspecified atom stereocenters. The maximum Gasteiger partial charge on any atom is 0.349 e. The van der Waals surface area contributed by atoms with Gasteiger partial charge in [-0.1, -0.05) is 12.1 Å². The van der Waals surface area contributed by atoms with Gasteiger partial charge in [0.15, 0.2) is 6.61 Å². The highest BCUT2D eigenvalue weighted by Crippen LogP contribution is 2.21. The summed E-state index contributed by atoms with van der Waals surface area (Å²) in [6.07, 6.45) is 1.50. The van der Waals surface area contributed by atoms with E-state index in [-0.39, 0.29) is 30.0 Å². The minimum atomic E-state index is -0.786. The maximum absolute atomic E-state index is 12.1. The van der Waals surface area contributed by atoms with Gasteiger partial charge in [-0.3, -0.25) is 4.79 Å². The average molecular weight is 407 g/mol. The van der Waals surface area contributed by atoms with Gasteiger partial charge in [0.2, 0.25) is 0 Å². The molecule has 0 radical (unpaired) electrons. The molecule has 0 fully saturated rings. The van der Waals surface area contributed by atoms with Crippen LogP contribution in [0, 0.1) is 13.8 Å². The van der Waals surface area contributed by atoms with Crippen LogP contribution in [0.5, 0.6) is 11.5 Å². The van der Waals surface area contributed by atoms with Gasteiger partial charge in [-0.15, -0.1) is 6.58 Å². The molecule has 3 rings (SSSR count). The average Bonchev–Trinajstić information content (AvgIpc) is 2.69. The van der Waals surface area contributed by atoms with E-state index in [1.54, 1.807) is 12.1 Å². The number of esters is 1. The maximum atomic E-state index is 12.1. The summed E-state index contributed by atoms with van der Waals surface area (Å²) < 4.78 is 15.9. The summed E-state index contributed by atoms with van der Waals surface area (Å²) in [6, 6.07) is 11.6. The lowest BCUT2D eigenvalue weighted by molar-refractivity contribution is -0.136.